The number of benzene rings is 2. The Labute approximate surface area is 191 Å². The van der Waals surface area contributed by atoms with E-state index in [0.29, 0.717) is 50.5 Å². The maximum absolute atomic E-state index is 13.0. The summed E-state index contributed by atoms with van der Waals surface area (Å²) in [6.45, 7) is 4.77. The minimum Gasteiger partial charge on any atom is -0.368 e. The van der Waals surface area contributed by atoms with Gasteiger partial charge in [-0.05, 0) is 42.3 Å². The molecule has 0 spiro atoms. The summed E-state index contributed by atoms with van der Waals surface area (Å²) in [5.74, 6) is -0.113. The zero-order chi connectivity index (χ0) is 23.8. The monoisotopic (exact) mass is 462 g/mol. The Morgan fingerprint density at radius 3 is 2.30 bits per heavy atom. The summed E-state index contributed by atoms with van der Waals surface area (Å²) in [5.41, 5.74) is 1.27. The van der Waals surface area contributed by atoms with E-state index >= 15 is 0 Å². The second-order valence-electron chi connectivity index (χ2n) is 7.99. The van der Waals surface area contributed by atoms with Crippen molar-refractivity contribution < 1.29 is 22.8 Å². The first-order chi connectivity index (χ1) is 15.8. The number of rotatable bonds is 7. The maximum atomic E-state index is 13.0. The fraction of sp³-hybridized carbons (Fsp3) is 0.417. The largest absolute Gasteiger partial charge is 0.416 e. The van der Waals surface area contributed by atoms with E-state index in [1.807, 2.05) is 4.90 Å². The Kier molecular flexibility index (Phi) is 8.19. The molecular formula is C24H29F3N4O2. The van der Waals surface area contributed by atoms with Crippen molar-refractivity contribution in [2.75, 3.05) is 37.6 Å². The van der Waals surface area contributed by atoms with Crippen LogP contribution in [0.15, 0.2) is 48.5 Å². The van der Waals surface area contributed by atoms with E-state index in [0.717, 1.165) is 30.5 Å². The molecule has 1 aliphatic heterocycles. The molecule has 3 rings (SSSR count). The third-order valence-electron chi connectivity index (χ3n) is 5.58. The molecule has 0 bridgehead atoms. The van der Waals surface area contributed by atoms with E-state index in [2.05, 4.69) is 17.6 Å². The molecule has 2 aromatic rings. The van der Waals surface area contributed by atoms with Gasteiger partial charge in [0.25, 0.3) is 5.91 Å². The van der Waals surface area contributed by atoms with Gasteiger partial charge in [-0.15, -0.1) is 0 Å². The van der Waals surface area contributed by atoms with Crippen LogP contribution in [0.2, 0.25) is 0 Å². The van der Waals surface area contributed by atoms with Crippen molar-refractivity contribution in [2.24, 2.45) is 0 Å². The average Bonchev–Trinajstić information content (AvgIpc) is 2.82. The van der Waals surface area contributed by atoms with Crippen LogP contribution in [-0.2, 0) is 12.7 Å². The molecule has 0 unspecified atom stereocenters. The molecule has 1 aliphatic rings. The summed E-state index contributed by atoms with van der Waals surface area (Å²) in [6.07, 6.45) is -2.43. The third-order valence-corrected chi connectivity index (χ3v) is 5.58. The quantitative estimate of drug-likeness (QED) is 0.604. The second-order valence-corrected chi connectivity index (χ2v) is 7.99. The Morgan fingerprint density at radius 2 is 1.67 bits per heavy atom. The van der Waals surface area contributed by atoms with Crippen LogP contribution >= 0.6 is 0 Å². The summed E-state index contributed by atoms with van der Waals surface area (Å²) >= 11 is 0. The van der Waals surface area contributed by atoms with Crippen molar-refractivity contribution in [1.82, 2.24) is 15.5 Å². The number of carbonyl (C=O) groups excluding carboxylic acids is 2. The zero-order valence-electron chi connectivity index (χ0n) is 18.6. The molecule has 2 aromatic carbocycles. The van der Waals surface area contributed by atoms with Crippen LogP contribution in [-0.4, -0.2) is 49.6 Å². The van der Waals surface area contributed by atoms with Crippen molar-refractivity contribution in [3.05, 3.63) is 65.2 Å². The number of piperazine rings is 1. The van der Waals surface area contributed by atoms with Gasteiger partial charge in [-0.3, -0.25) is 4.79 Å². The lowest BCUT2D eigenvalue weighted by Gasteiger charge is -2.36. The van der Waals surface area contributed by atoms with E-state index < -0.39 is 11.7 Å². The number of hydrogen-bond acceptors (Lipinski definition) is 3. The second kappa shape index (κ2) is 11.1. The van der Waals surface area contributed by atoms with Gasteiger partial charge in [-0.25, -0.2) is 4.79 Å². The van der Waals surface area contributed by atoms with E-state index in [-0.39, 0.29) is 11.9 Å². The number of nitrogens with one attached hydrogen (secondary N) is 2. The first-order valence-electron chi connectivity index (χ1n) is 11.1. The fourth-order valence-electron chi connectivity index (χ4n) is 3.59. The number of anilines is 1. The molecule has 33 heavy (non-hydrogen) atoms. The molecule has 1 heterocycles. The highest BCUT2D eigenvalue weighted by Crippen LogP contribution is 2.31. The lowest BCUT2D eigenvalue weighted by Crippen LogP contribution is -2.51. The lowest BCUT2D eigenvalue weighted by molar-refractivity contribution is -0.137. The summed E-state index contributed by atoms with van der Waals surface area (Å²) in [6, 6.07) is 12.1. The van der Waals surface area contributed by atoms with Crippen LogP contribution in [0.25, 0.3) is 0 Å². The van der Waals surface area contributed by atoms with Gasteiger partial charge < -0.3 is 20.4 Å². The number of urea groups is 1. The Balaban J connectivity index is 1.45. The summed E-state index contributed by atoms with van der Waals surface area (Å²) in [7, 11) is 0. The number of carbonyl (C=O) groups is 2. The lowest BCUT2D eigenvalue weighted by atomic mass is 10.1. The van der Waals surface area contributed by atoms with Gasteiger partial charge in [0.2, 0.25) is 0 Å². The Hall–Kier alpha value is -3.23. The third kappa shape index (κ3) is 6.87. The van der Waals surface area contributed by atoms with Crippen LogP contribution in [0.1, 0.15) is 41.3 Å². The SMILES string of the molecule is CCCCNC(=O)c1ccc(CNC(=O)N2CCN(c3cccc(C(F)(F)F)c3)CC2)cc1. The Morgan fingerprint density at radius 1 is 0.970 bits per heavy atom. The van der Waals surface area contributed by atoms with Crippen molar-refractivity contribution in [3.63, 3.8) is 0 Å². The highest BCUT2D eigenvalue weighted by Gasteiger charge is 2.31. The molecule has 0 aliphatic carbocycles. The molecule has 178 valence electrons. The molecular weight excluding hydrogens is 433 g/mol. The summed E-state index contributed by atoms with van der Waals surface area (Å²) in [4.78, 5) is 28.1. The van der Waals surface area contributed by atoms with Gasteiger partial charge in [-0.2, -0.15) is 13.2 Å². The van der Waals surface area contributed by atoms with Crippen LogP contribution in [0.4, 0.5) is 23.7 Å². The standard InChI is InChI=1S/C24H29F3N4O2/c1-2-3-11-28-22(32)19-9-7-18(8-10-19)17-29-23(33)31-14-12-30(13-15-31)21-6-4-5-20(16-21)24(25,26)27/h4-10,16H,2-3,11-15,17H2,1H3,(H,28,32)(H,29,33). The van der Waals surface area contributed by atoms with Gasteiger partial charge in [0, 0.05) is 50.5 Å². The normalized spacial score (nSPS) is 14.2. The minimum atomic E-state index is -4.38. The minimum absolute atomic E-state index is 0.113. The number of unbranched alkanes of at least 4 members (excludes halogenated alkanes) is 1. The Bertz CT molecular complexity index is 939. The van der Waals surface area contributed by atoms with Crippen LogP contribution in [0.5, 0.6) is 0 Å². The first-order valence-corrected chi connectivity index (χ1v) is 11.1. The van der Waals surface area contributed by atoms with Crippen molar-refractivity contribution in [2.45, 2.75) is 32.5 Å². The molecule has 1 saturated heterocycles. The molecule has 0 saturated carbocycles. The topological polar surface area (TPSA) is 64.7 Å². The van der Waals surface area contributed by atoms with Crippen molar-refractivity contribution in [3.8, 4) is 0 Å². The fourth-order valence-corrected chi connectivity index (χ4v) is 3.59. The van der Waals surface area contributed by atoms with E-state index in [4.69, 9.17) is 0 Å². The molecule has 2 N–H and O–H groups in total. The smallest absolute Gasteiger partial charge is 0.368 e. The molecule has 9 heteroatoms. The number of hydrogen-bond donors (Lipinski definition) is 2. The predicted molar refractivity (Wildman–Crippen MR) is 121 cm³/mol. The molecule has 1 fully saturated rings. The van der Waals surface area contributed by atoms with Crippen LogP contribution < -0.4 is 15.5 Å². The number of nitrogens with zero attached hydrogens (tertiary/aromatic N) is 2. The zero-order valence-corrected chi connectivity index (χ0v) is 18.6. The molecule has 3 amide bonds. The van der Waals surface area contributed by atoms with E-state index in [1.54, 1.807) is 35.2 Å². The molecule has 0 radical (unpaired) electrons. The summed E-state index contributed by atoms with van der Waals surface area (Å²) in [5, 5.41) is 5.73. The van der Waals surface area contributed by atoms with Gasteiger partial charge in [0.15, 0.2) is 0 Å². The molecule has 0 aromatic heterocycles. The van der Waals surface area contributed by atoms with E-state index in [9.17, 15) is 22.8 Å². The van der Waals surface area contributed by atoms with Gasteiger partial charge in [0.1, 0.15) is 0 Å². The maximum Gasteiger partial charge on any atom is 0.416 e. The van der Waals surface area contributed by atoms with Crippen molar-refractivity contribution >= 4 is 17.6 Å². The highest BCUT2D eigenvalue weighted by molar-refractivity contribution is 5.94. The summed E-state index contributed by atoms with van der Waals surface area (Å²) < 4.78 is 38.9. The van der Waals surface area contributed by atoms with Gasteiger partial charge in [-0.1, -0.05) is 31.5 Å². The van der Waals surface area contributed by atoms with E-state index in [1.165, 1.54) is 6.07 Å². The predicted octanol–water partition coefficient (Wildman–Crippen LogP) is 4.27. The van der Waals surface area contributed by atoms with Crippen molar-refractivity contribution in [1.29, 1.82) is 0 Å². The van der Waals surface area contributed by atoms with Crippen LogP contribution in [0, 0.1) is 0 Å². The number of halogens is 3. The van der Waals surface area contributed by atoms with Gasteiger partial charge in [0.05, 0.1) is 5.56 Å². The highest BCUT2D eigenvalue weighted by atomic mass is 19.4. The number of alkyl halides is 3. The van der Waals surface area contributed by atoms with Crippen LogP contribution in [0.3, 0.4) is 0 Å². The average molecular weight is 463 g/mol. The molecule has 0 atom stereocenters. The first kappa shape index (κ1) is 24.4. The molecule has 6 nitrogen and oxygen atoms in total. The number of amides is 3. The van der Waals surface area contributed by atoms with Gasteiger partial charge >= 0.3 is 12.2 Å².